The number of benzene rings is 2. The predicted octanol–water partition coefficient (Wildman–Crippen LogP) is 4.37. The van der Waals surface area contributed by atoms with Crippen LogP contribution >= 0.6 is 11.6 Å². The van der Waals surface area contributed by atoms with E-state index in [9.17, 15) is 9.50 Å². The number of hydrogen-bond donors (Lipinski definition) is 1. The Morgan fingerprint density at radius 1 is 1.16 bits per heavy atom. The molecule has 2 aromatic rings. The third kappa shape index (κ3) is 3.34. The standard InChI is InChI=1S/C16H16ClFO/c1-10-6-14(15(17)7-11(10)2)16(19)9-12-4-3-5-13(18)8-12/h3-8,16,19H,9H2,1-2H3. The van der Waals surface area contributed by atoms with Crippen LogP contribution in [0.3, 0.4) is 0 Å². The molecule has 1 nitrogen and oxygen atoms in total. The maximum Gasteiger partial charge on any atom is 0.123 e. The third-order valence-corrected chi connectivity index (χ3v) is 3.62. The zero-order valence-corrected chi connectivity index (χ0v) is 11.7. The number of aliphatic hydroxyl groups excluding tert-OH is 1. The number of aryl methyl sites for hydroxylation is 2. The van der Waals surface area contributed by atoms with E-state index in [4.69, 9.17) is 11.6 Å². The van der Waals surface area contributed by atoms with Gasteiger partial charge in [-0.2, -0.15) is 0 Å². The molecule has 0 radical (unpaired) electrons. The molecule has 0 saturated carbocycles. The van der Waals surface area contributed by atoms with Gasteiger partial charge in [0.1, 0.15) is 5.82 Å². The van der Waals surface area contributed by atoms with Crippen LogP contribution in [0.2, 0.25) is 5.02 Å². The fourth-order valence-corrected chi connectivity index (χ4v) is 2.40. The Morgan fingerprint density at radius 3 is 2.53 bits per heavy atom. The van der Waals surface area contributed by atoms with Crippen molar-refractivity contribution in [2.24, 2.45) is 0 Å². The van der Waals surface area contributed by atoms with Gasteiger partial charge in [-0.15, -0.1) is 0 Å². The van der Waals surface area contributed by atoms with Gasteiger partial charge in [-0.05, 0) is 54.3 Å². The number of rotatable bonds is 3. The quantitative estimate of drug-likeness (QED) is 0.884. The van der Waals surface area contributed by atoms with Crippen molar-refractivity contribution in [2.75, 3.05) is 0 Å². The minimum absolute atomic E-state index is 0.295. The van der Waals surface area contributed by atoms with Crippen molar-refractivity contribution in [3.8, 4) is 0 Å². The minimum Gasteiger partial charge on any atom is -0.388 e. The van der Waals surface area contributed by atoms with Gasteiger partial charge in [0.2, 0.25) is 0 Å². The van der Waals surface area contributed by atoms with Crippen molar-refractivity contribution >= 4 is 11.6 Å². The Kier molecular flexibility index (Phi) is 4.23. The lowest BCUT2D eigenvalue weighted by Gasteiger charge is -2.15. The lowest BCUT2D eigenvalue weighted by Crippen LogP contribution is -2.04. The lowest BCUT2D eigenvalue weighted by atomic mass is 9.98. The molecule has 1 N–H and O–H groups in total. The molecule has 100 valence electrons. The molecule has 2 rings (SSSR count). The summed E-state index contributed by atoms with van der Waals surface area (Å²) in [7, 11) is 0. The van der Waals surface area contributed by atoms with E-state index in [1.165, 1.54) is 12.1 Å². The first kappa shape index (κ1) is 14.0. The summed E-state index contributed by atoms with van der Waals surface area (Å²) < 4.78 is 13.1. The first-order chi connectivity index (χ1) is 8.97. The van der Waals surface area contributed by atoms with E-state index in [0.717, 1.165) is 16.7 Å². The average molecular weight is 279 g/mol. The van der Waals surface area contributed by atoms with E-state index in [1.807, 2.05) is 26.0 Å². The van der Waals surface area contributed by atoms with Gasteiger partial charge in [0, 0.05) is 11.4 Å². The number of aliphatic hydroxyl groups is 1. The molecule has 0 amide bonds. The highest BCUT2D eigenvalue weighted by Crippen LogP contribution is 2.28. The molecular formula is C16H16ClFO. The topological polar surface area (TPSA) is 20.2 Å². The zero-order valence-electron chi connectivity index (χ0n) is 11.0. The average Bonchev–Trinajstić information content (AvgIpc) is 2.33. The summed E-state index contributed by atoms with van der Waals surface area (Å²) in [6.45, 7) is 3.95. The van der Waals surface area contributed by atoms with E-state index in [0.29, 0.717) is 17.0 Å². The fraction of sp³-hybridized carbons (Fsp3) is 0.250. The summed E-state index contributed by atoms with van der Waals surface area (Å²) >= 11 is 6.16. The monoisotopic (exact) mass is 278 g/mol. The molecule has 1 atom stereocenters. The molecule has 0 aliphatic rings. The van der Waals surface area contributed by atoms with Crippen LogP contribution in [0, 0.1) is 19.7 Å². The molecule has 3 heteroatoms. The van der Waals surface area contributed by atoms with Crippen molar-refractivity contribution in [1.82, 2.24) is 0 Å². The van der Waals surface area contributed by atoms with Crippen molar-refractivity contribution < 1.29 is 9.50 Å². The van der Waals surface area contributed by atoms with Crippen LogP contribution in [0.5, 0.6) is 0 Å². The van der Waals surface area contributed by atoms with Gasteiger partial charge in [-0.3, -0.25) is 0 Å². The molecule has 0 fully saturated rings. The molecule has 0 heterocycles. The maximum absolute atomic E-state index is 13.1. The molecule has 0 aromatic heterocycles. The summed E-state index contributed by atoms with van der Waals surface area (Å²) in [6.07, 6.45) is -0.381. The smallest absolute Gasteiger partial charge is 0.123 e. The maximum atomic E-state index is 13.1. The number of halogens is 2. The Balaban J connectivity index is 2.25. The van der Waals surface area contributed by atoms with Crippen LogP contribution in [-0.4, -0.2) is 5.11 Å². The summed E-state index contributed by atoms with van der Waals surface area (Å²) in [5, 5.41) is 10.8. The van der Waals surface area contributed by atoms with Crippen LogP contribution in [0.4, 0.5) is 4.39 Å². The molecule has 2 aromatic carbocycles. The van der Waals surface area contributed by atoms with E-state index in [2.05, 4.69) is 0 Å². The lowest BCUT2D eigenvalue weighted by molar-refractivity contribution is 0.178. The number of hydrogen-bond acceptors (Lipinski definition) is 1. The summed E-state index contributed by atoms with van der Waals surface area (Å²) in [4.78, 5) is 0. The second-order valence-electron chi connectivity index (χ2n) is 4.81. The van der Waals surface area contributed by atoms with Crippen molar-refractivity contribution in [3.63, 3.8) is 0 Å². The van der Waals surface area contributed by atoms with Gasteiger partial charge in [-0.25, -0.2) is 4.39 Å². The molecule has 0 spiro atoms. The molecule has 1 unspecified atom stereocenters. The summed E-state index contributed by atoms with van der Waals surface area (Å²) in [6, 6.07) is 9.99. The molecular weight excluding hydrogens is 263 g/mol. The van der Waals surface area contributed by atoms with Crippen LogP contribution in [0.25, 0.3) is 0 Å². The van der Waals surface area contributed by atoms with Crippen LogP contribution < -0.4 is 0 Å². The highest BCUT2D eigenvalue weighted by Gasteiger charge is 2.14. The van der Waals surface area contributed by atoms with Gasteiger partial charge < -0.3 is 5.11 Å². The normalized spacial score (nSPS) is 12.5. The summed E-state index contributed by atoms with van der Waals surface area (Å²) in [5.41, 5.74) is 3.61. The first-order valence-electron chi connectivity index (χ1n) is 6.16. The highest BCUT2D eigenvalue weighted by molar-refractivity contribution is 6.31. The predicted molar refractivity (Wildman–Crippen MR) is 76.0 cm³/mol. The minimum atomic E-state index is -0.728. The van der Waals surface area contributed by atoms with E-state index in [-0.39, 0.29) is 5.82 Å². The van der Waals surface area contributed by atoms with E-state index in [1.54, 1.807) is 12.1 Å². The largest absolute Gasteiger partial charge is 0.388 e. The van der Waals surface area contributed by atoms with Crippen LogP contribution in [0.1, 0.15) is 28.4 Å². The van der Waals surface area contributed by atoms with Gasteiger partial charge in [0.15, 0.2) is 0 Å². The fourth-order valence-electron chi connectivity index (χ4n) is 2.06. The Bertz CT molecular complexity index is 595. The molecule has 19 heavy (non-hydrogen) atoms. The van der Waals surface area contributed by atoms with Gasteiger partial charge in [-0.1, -0.05) is 29.8 Å². The van der Waals surface area contributed by atoms with Crippen molar-refractivity contribution in [3.05, 3.63) is 69.5 Å². The molecule has 0 bridgehead atoms. The molecule has 0 aliphatic carbocycles. The van der Waals surface area contributed by atoms with Gasteiger partial charge >= 0.3 is 0 Å². The van der Waals surface area contributed by atoms with E-state index >= 15 is 0 Å². The van der Waals surface area contributed by atoms with Crippen molar-refractivity contribution in [2.45, 2.75) is 26.4 Å². The van der Waals surface area contributed by atoms with Crippen molar-refractivity contribution in [1.29, 1.82) is 0 Å². The van der Waals surface area contributed by atoms with Crippen LogP contribution in [0.15, 0.2) is 36.4 Å². The highest BCUT2D eigenvalue weighted by atomic mass is 35.5. The third-order valence-electron chi connectivity index (χ3n) is 3.29. The Hall–Kier alpha value is -1.38. The van der Waals surface area contributed by atoms with Crippen LogP contribution in [-0.2, 0) is 6.42 Å². The summed E-state index contributed by atoms with van der Waals surface area (Å²) in [5.74, 6) is -0.295. The SMILES string of the molecule is Cc1cc(Cl)c(C(O)Cc2cccc(F)c2)cc1C. The molecule has 0 aliphatic heterocycles. The van der Waals surface area contributed by atoms with Gasteiger partial charge in [0.05, 0.1) is 6.10 Å². The first-order valence-corrected chi connectivity index (χ1v) is 6.54. The molecule has 0 saturated heterocycles. The zero-order chi connectivity index (χ0) is 14.0. The van der Waals surface area contributed by atoms with Gasteiger partial charge in [0.25, 0.3) is 0 Å². The Morgan fingerprint density at radius 2 is 1.84 bits per heavy atom. The second-order valence-corrected chi connectivity index (χ2v) is 5.22. The van der Waals surface area contributed by atoms with E-state index < -0.39 is 6.10 Å². The second kappa shape index (κ2) is 5.72. The Labute approximate surface area is 117 Å².